The lowest BCUT2D eigenvalue weighted by Crippen LogP contribution is -2.29. The zero-order valence-electron chi connectivity index (χ0n) is 8.85. The van der Waals surface area contributed by atoms with E-state index in [2.05, 4.69) is 44.1 Å². The molecule has 0 aromatic rings. The molecule has 0 unspecified atom stereocenters. The molecule has 12 heavy (non-hydrogen) atoms. The quantitative estimate of drug-likeness (QED) is 0.480. The Morgan fingerprint density at radius 3 is 2.58 bits per heavy atom. The van der Waals surface area contributed by atoms with Crippen LogP contribution in [-0.2, 0) is 0 Å². The molecule has 0 aliphatic carbocycles. The van der Waals surface area contributed by atoms with Crippen LogP contribution in [0.5, 0.6) is 0 Å². The van der Waals surface area contributed by atoms with Gasteiger partial charge in [0.2, 0.25) is 0 Å². The Morgan fingerprint density at radius 2 is 2.08 bits per heavy atom. The van der Waals surface area contributed by atoms with E-state index < -0.39 is 0 Å². The maximum atomic E-state index is 3.36. The summed E-state index contributed by atoms with van der Waals surface area (Å²) in [5.41, 5.74) is 1.38. The minimum absolute atomic E-state index is 1.000. The van der Waals surface area contributed by atoms with Crippen LogP contribution >= 0.6 is 0 Å². The van der Waals surface area contributed by atoms with Crippen LogP contribution in [0.4, 0.5) is 0 Å². The smallest absolute Gasteiger partial charge is 0.0137 e. The first-order valence-corrected chi connectivity index (χ1v) is 4.69. The van der Waals surface area contributed by atoms with Gasteiger partial charge in [-0.1, -0.05) is 18.6 Å². The van der Waals surface area contributed by atoms with E-state index in [-0.39, 0.29) is 0 Å². The van der Waals surface area contributed by atoms with Gasteiger partial charge in [-0.05, 0) is 27.4 Å². The van der Waals surface area contributed by atoms with Crippen molar-refractivity contribution < 1.29 is 0 Å². The lowest BCUT2D eigenvalue weighted by atomic mass is 10.3. The average molecular weight is 170 g/mol. The summed E-state index contributed by atoms with van der Waals surface area (Å²) in [6.45, 7) is 10.8. The lowest BCUT2D eigenvalue weighted by molar-refractivity contribution is 0.351. The molecular weight excluding hydrogens is 148 g/mol. The Balaban J connectivity index is 3.16. The van der Waals surface area contributed by atoms with E-state index in [0.29, 0.717) is 0 Å². The van der Waals surface area contributed by atoms with Crippen molar-refractivity contribution in [3.63, 3.8) is 0 Å². The van der Waals surface area contributed by atoms with E-state index >= 15 is 0 Å². The van der Waals surface area contributed by atoms with E-state index in [0.717, 1.165) is 26.2 Å². The van der Waals surface area contributed by atoms with Gasteiger partial charge in [-0.15, -0.1) is 0 Å². The van der Waals surface area contributed by atoms with Crippen LogP contribution in [0.2, 0.25) is 0 Å². The monoisotopic (exact) mass is 170 g/mol. The van der Waals surface area contributed by atoms with Gasteiger partial charge in [-0.25, -0.2) is 0 Å². The summed E-state index contributed by atoms with van der Waals surface area (Å²) in [4.78, 5) is 2.30. The zero-order chi connectivity index (χ0) is 9.40. The Bertz CT molecular complexity index is 126. The molecule has 2 nitrogen and oxygen atoms in total. The number of nitrogens with zero attached hydrogens (tertiary/aromatic N) is 1. The second-order valence-corrected chi connectivity index (χ2v) is 3.38. The highest BCUT2D eigenvalue weighted by atomic mass is 15.1. The molecule has 0 saturated heterocycles. The molecule has 0 radical (unpaired) electrons. The molecule has 0 heterocycles. The number of hydrogen-bond donors (Lipinski definition) is 1. The van der Waals surface area contributed by atoms with Gasteiger partial charge >= 0.3 is 0 Å². The third-order valence-corrected chi connectivity index (χ3v) is 1.86. The standard InChI is InChI=1S/C10H22N2/c1-5-12(4)9-8-11-7-6-10(2)3/h6,11H,5,7-9H2,1-4H3. The van der Waals surface area contributed by atoms with Crippen LogP contribution in [0.3, 0.4) is 0 Å². The summed E-state index contributed by atoms with van der Waals surface area (Å²) < 4.78 is 0. The van der Waals surface area contributed by atoms with Crippen molar-refractivity contribution in [2.24, 2.45) is 0 Å². The second kappa shape index (κ2) is 7.32. The van der Waals surface area contributed by atoms with Crippen LogP contribution in [0, 0.1) is 0 Å². The van der Waals surface area contributed by atoms with Crippen molar-refractivity contribution in [2.75, 3.05) is 33.2 Å². The number of hydrogen-bond acceptors (Lipinski definition) is 2. The van der Waals surface area contributed by atoms with Crippen LogP contribution in [0.15, 0.2) is 11.6 Å². The third kappa shape index (κ3) is 7.76. The van der Waals surface area contributed by atoms with E-state index in [1.807, 2.05) is 0 Å². The molecule has 2 heteroatoms. The summed E-state index contributed by atoms with van der Waals surface area (Å²) in [6.07, 6.45) is 2.21. The first-order chi connectivity index (χ1) is 5.66. The Hall–Kier alpha value is -0.340. The predicted molar refractivity (Wildman–Crippen MR) is 55.5 cm³/mol. The summed E-state index contributed by atoms with van der Waals surface area (Å²) in [7, 11) is 2.14. The summed E-state index contributed by atoms with van der Waals surface area (Å²) in [5.74, 6) is 0. The maximum Gasteiger partial charge on any atom is 0.0137 e. The summed E-state index contributed by atoms with van der Waals surface area (Å²) in [5, 5.41) is 3.36. The molecule has 0 amide bonds. The van der Waals surface area contributed by atoms with Gasteiger partial charge in [0.25, 0.3) is 0 Å². The van der Waals surface area contributed by atoms with Crippen molar-refractivity contribution >= 4 is 0 Å². The van der Waals surface area contributed by atoms with E-state index in [9.17, 15) is 0 Å². The zero-order valence-corrected chi connectivity index (χ0v) is 8.85. The number of likely N-dealkylation sites (N-methyl/N-ethyl adjacent to an activating group) is 1. The van der Waals surface area contributed by atoms with Crippen LogP contribution in [0.1, 0.15) is 20.8 Å². The number of allylic oxidation sites excluding steroid dienone is 1. The highest BCUT2D eigenvalue weighted by molar-refractivity contribution is 4.94. The van der Waals surface area contributed by atoms with Gasteiger partial charge in [0.15, 0.2) is 0 Å². The van der Waals surface area contributed by atoms with Crippen LogP contribution in [-0.4, -0.2) is 38.1 Å². The summed E-state index contributed by atoms with van der Waals surface area (Å²) >= 11 is 0. The first-order valence-electron chi connectivity index (χ1n) is 4.69. The van der Waals surface area contributed by atoms with Crippen molar-refractivity contribution in [1.82, 2.24) is 10.2 Å². The minimum atomic E-state index is 1.000. The SMILES string of the molecule is CCN(C)CCNCC=C(C)C. The fourth-order valence-corrected chi connectivity index (χ4v) is 0.806. The average Bonchev–Trinajstić information content (AvgIpc) is 2.03. The summed E-state index contributed by atoms with van der Waals surface area (Å²) in [6, 6.07) is 0. The maximum absolute atomic E-state index is 3.36. The van der Waals surface area contributed by atoms with Crippen LogP contribution in [0.25, 0.3) is 0 Å². The fourth-order valence-electron chi connectivity index (χ4n) is 0.806. The van der Waals surface area contributed by atoms with Crippen molar-refractivity contribution in [2.45, 2.75) is 20.8 Å². The van der Waals surface area contributed by atoms with Gasteiger partial charge in [0, 0.05) is 19.6 Å². The molecule has 0 aromatic carbocycles. The highest BCUT2D eigenvalue weighted by Crippen LogP contribution is 1.85. The largest absolute Gasteiger partial charge is 0.312 e. The van der Waals surface area contributed by atoms with Crippen molar-refractivity contribution in [3.05, 3.63) is 11.6 Å². The van der Waals surface area contributed by atoms with Gasteiger partial charge in [0.05, 0.1) is 0 Å². The molecule has 1 N–H and O–H groups in total. The molecule has 0 aromatic heterocycles. The van der Waals surface area contributed by atoms with Gasteiger partial charge in [0.1, 0.15) is 0 Å². The topological polar surface area (TPSA) is 15.3 Å². The van der Waals surface area contributed by atoms with Gasteiger partial charge < -0.3 is 10.2 Å². The molecule has 0 fully saturated rings. The van der Waals surface area contributed by atoms with E-state index in [1.54, 1.807) is 0 Å². The van der Waals surface area contributed by atoms with Crippen molar-refractivity contribution in [3.8, 4) is 0 Å². The third-order valence-electron chi connectivity index (χ3n) is 1.86. The predicted octanol–water partition coefficient (Wildman–Crippen LogP) is 1.49. The Morgan fingerprint density at radius 1 is 1.42 bits per heavy atom. The Kier molecular flexibility index (Phi) is 7.11. The molecule has 0 bridgehead atoms. The molecule has 0 atom stereocenters. The first kappa shape index (κ1) is 11.7. The Labute approximate surface area is 76.6 Å². The molecule has 72 valence electrons. The normalized spacial score (nSPS) is 10.4. The van der Waals surface area contributed by atoms with Crippen LogP contribution < -0.4 is 5.32 Å². The molecule has 0 rings (SSSR count). The fraction of sp³-hybridized carbons (Fsp3) is 0.800. The number of rotatable bonds is 6. The van der Waals surface area contributed by atoms with Gasteiger partial charge in [-0.2, -0.15) is 0 Å². The molecule has 0 saturated carbocycles. The molecule has 0 aliphatic heterocycles. The lowest BCUT2D eigenvalue weighted by Gasteiger charge is -2.13. The molecular formula is C10H22N2. The van der Waals surface area contributed by atoms with Crippen molar-refractivity contribution in [1.29, 1.82) is 0 Å². The van der Waals surface area contributed by atoms with Gasteiger partial charge in [-0.3, -0.25) is 0 Å². The molecule has 0 spiro atoms. The minimum Gasteiger partial charge on any atom is -0.312 e. The second-order valence-electron chi connectivity index (χ2n) is 3.38. The highest BCUT2D eigenvalue weighted by Gasteiger charge is 1.91. The van der Waals surface area contributed by atoms with E-state index in [1.165, 1.54) is 5.57 Å². The number of nitrogens with one attached hydrogen (secondary N) is 1. The molecule has 0 aliphatic rings. The van der Waals surface area contributed by atoms with E-state index in [4.69, 9.17) is 0 Å².